The van der Waals surface area contributed by atoms with Gasteiger partial charge in [0.15, 0.2) is 0 Å². The molecular weight excluding hydrogens is 202 g/mol. The van der Waals surface area contributed by atoms with Crippen molar-refractivity contribution in [2.45, 2.75) is 0 Å². The van der Waals surface area contributed by atoms with Gasteiger partial charge in [-0.1, -0.05) is 0 Å². The molecule has 1 aliphatic carbocycles. The average molecular weight is 213 g/mol. The standard InChI is InChI=1S/C12H11N3O/c13-8-1-3-9(4-2-8)15-12-6-5-10(16)7-11(12)14/h1-7,13,16H,14H2. The Labute approximate surface area is 93.0 Å². The van der Waals surface area contributed by atoms with Crippen LogP contribution in [-0.4, -0.2) is 16.5 Å². The van der Waals surface area contributed by atoms with E-state index in [0.29, 0.717) is 17.1 Å². The minimum absolute atomic E-state index is 0.123. The monoisotopic (exact) mass is 213 g/mol. The average Bonchev–Trinajstić information content (AvgIpc) is 2.25. The Balaban J connectivity index is 2.33. The predicted octanol–water partition coefficient (Wildman–Crippen LogP) is 2.19. The summed E-state index contributed by atoms with van der Waals surface area (Å²) in [6.07, 6.45) is 6.81. The molecule has 0 radical (unpaired) electrons. The molecule has 0 bridgehead atoms. The second kappa shape index (κ2) is 4.02. The molecule has 0 fully saturated rings. The van der Waals surface area contributed by atoms with Crippen LogP contribution in [0.5, 0.6) is 5.75 Å². The highest BCUT2D eigenvalue weighted by Crippen LogP contribution is 2.26. The fourth-order valence-electron chi connectivity index (χ4n) is 1.32. The van der Waals surface area contributed by atoms with Crippen molar-refractivity contribution in [1.82, 2.24) is 0 Å². The number of anilines is 1. The minimum Gasteiger partial charge on any atom is -0.508 e. The SMILES string of the molecule is N=C1C=CC(=Nc2ccc(O)cc2N)C=C1. The van der Waals surface area contributed by atoms with Gasteiger partial charge in [-0.15, -0.1) is 0 Å². The number of nitrogen functional groups attached to an aromatic ring is 1. The first-order valence-electron chi connectivity index (χ1n) is 4.77. The number of benzene rings is 1. The molecule has 0 aliphatic heterocycles. The summed E-state index contributed by atoms with van der Waals surface area (Å²) in [5.74, 6) is 0.123. The lowest BCUT2D eigenvalue weighted by atomic mass is 10.1. The third kappa shape index (κ3) is 2.17. The van der Waals surface area contributed by atoms with E-state index in [0.717, 1.165) is 5.71 Å². The second-order valence-electron chi connectivity index (χ2n) is 3.40. The zero-order chi connectivity index (χ0) is 11.5. The Hall–Kier alpha value is -2.36. The summed E-state index contributed by atoms with van der Waals surface area (Å²) in [6.45, 7) is 0. The molecule has 1 aliphatic rings. The molecule has 16 heavy (non-hydrogen) atoms. The lowest BCUT2D eigenvalue weighted by molar-refractivity contribution is 0.475. The van der Waals surface area contributed by atoms with Gasteiger partial charge in [0, 0.05) is 6.07 Å². The number of aliphatic imine (C=N–C) groups is 1. The molecule has 2 rings (SSSR count). The molecule has 0 atom stereocenters. The third-order valence-corrected chi connectivity index (χ3v) is 2.13. The summed E-state index contributed by atoms with van der Waals surface area (Å²) in [4.78, 5) is 4.30. The zero-order valence-corrected chi connectivity index (χ0v) is 8.51. The minimum atomic E-state index is 0.123. The number of aromatic hydroxyl groups is 1. The molecule has 4 N–H and O–H groups in total. The number of hydrogen-bond donors (Lipinski definition) is 3. The van der Waals surface area contributed by atoms with Gasteiger partial charge in [0.2, 0.25) is 0 Å². The summed E-state index contributed by atoms with van der Waals surface area (Å²) in [7, 11) is 0. The fourth-order valence-corrected chi connectivity index (χ4v) is 1.32. The van der Waals surface area contributed by atoms with Gasteiger partial charge < -0.3 is 16.2 Å². The number of rotatable bonds is 1. The first kappa shape index (κ1) is 10.2. The number of allylic oxidation sites excluding steroid dienone is 4. The Kier molecular flexibility index (Phi) is 2.55. The van der Waals surface area contributed by atoms with Crippen LogP contribution in [-0.2, 0) is 0 Å². The molecule has 4 heteroatoms. The lowest BCUT2D eigenvalue weighted by Crippen LogP contribution is -1.98. The van der Waals surface area contributed by atoms with E-state index in [2.05, 4.69) is 4.99 Å². The van der Waals surface area contributed by atoms with Crippen molar-refractivity contribution in [3.05, 3.63) is 42.5 Å². The van der Waals surface area contributed by atoms with Crippen molar-refractivity contribution < 1.29 is 5.11 Å². The van der Waals surface area contributed by atoms with Crippen LogP contribution in [0.1, 0.15) is 0 Å². The van der Waals surface area contributed by atoms with Gasteiger partial charge in [0.05, 0.1) is 22.8 Å². The maximum atomic E-state index is 9.19. The van der Waals surface area contributed by atoms with Crippen LogP contribution >= 0.6 is 0 Å². The van der Waals surface area contributed by atoms with Crippen LogP contribution in [0.25, 0.3) is 0 Å². The van der Waals surface area contributed by atoms with Gasteiger partial charge in [-0.05, 0) is 36.4 Å². The largest absolute Gasteiger partial charge is 0.508 e. The van der Waals surface area contributed by atoms with E-state index in [1.807, 2.05) is 0 Å². The molecule has 0 aromatic heterocycles. The number of phenols is 1. The van der Waals surface area contributed by atoms with Crippen molar-refractivity contribution in [3.8, 4) is 5.75 Å². The number of nitrogens with zero attached hydrogens (tertiary/aromatic N) is 1. The van der Waals surface area contributed by atoms with Gasteiger partial charge in [0.1, 0.15) is 5.75 Å². The maximum Gasteiger partial charge on any atom is 0.117 e. The van der Waals surface area contributed by atoms with E-state index in [1.54, 1.807) is 30.4 Å². The highest BCUT2D eigenvalue weighted by molar-refractivity contribution is 6.18. The van der Waals surface area contributed by atoms with Crippen LogP contribution in [0.15, 0.2) is 47.5 Å². The van der Waals surface area contributed by atoms with Gasteiger partial charge in [-0.3, -0.25) is 0 Å². The molecule has 0 spiro atoms. The quantitative estimate of drug-likeness (QED) is 0.493. The highest BCUT2D eigenvalue weighted by Gasteiger charge is 2.01. The normalized spacial score (nSPS) is 14.2. The summed E-state index contributed by atoms with van der Waals surface area (Å²) < 4.78 is 0. The Bertz CT molecular complexity index is 509. The van der Waals surface area contributed by atoms with Crippen molar-refractivity contribution >= 4 is 22.8 Å². The molecule has 1 aromatic rings. The molecule has 0 unspecified atom stereocenters. The zero-order valence-electron chi connectivity index (χ0n) is 8.51. The summed E-state index contributed by atoms with van der Waals surface area (Å²) in [6, 6.07) is 4.64. The van der Waals surface area contributed by atoms with Gasteiger partial charge in [0.25, 0.3) is 0 Å². The summed E-state index contributed by atoms with van der Waals surface area (Å²) in [5, 5.41) is 16.5. The van der Waals surface area contributed by atoms with Crippen LogP contribution in [0.2, 0.25) is 0 Å². The first-order valence-corrected chi connectivity index (χ1v) is 4.77. The number of nitrogens with two attached hydrogens (primary N) is 1. The topological polar surface area (TPSA) is 82.5 Å². The fraction of sp³-hybridized carbons (Fsp3) is 0. The molecule has 1 aromatic carbocycles. The summed E-state index contributed by atoms with van der Waals surface area (Å²) in [5.41, 5.74) is 7.91. The van der Waals surface area contributed by atoms with E-state index in [-0.39, 0.29) is 5.75 Å². The van der Waals surface area contributed by atoms with E-state index in [1.165, 1.54) is 12.1 Å². The van der Waals surface area contributed by atoms with E-state index < -0.39 is 0 Å². The predicted molar refractivity (Wildman–Crippen MR) is 65.6 cm³/mol. The maximum absolute atomic E-state index is 9.19. The van der Waals surface area contributed by atoms with Crippen LogP contribution in [0.4, 0.5) is 11.4 Å². The molecule has 0 saturated heterocycles. The molecular formula is C12H11N3O. The van der Waals surface area contributed by atoms with Crippen LogP contribution in [0, 0.1) is 5.41 Å². The van der Waals surface area contributed by atoms with Crippen molar-refractivity contribution in [2.24, 2.45) is 4.99 Å². The number of nitrogens with one attached hydrogen (secondary N) is 1. The Morgan fingerprint density at radius 1 is 1.12 bits per heavy atom. The van der Waals surface area contributed by atoms with Crippen molar-refractivity contribution in [1.29, 1.82) is 5.41 Å². The van der Waals surface area contributed by atoms with E-state index >= 15 is 0 Å². The van der Waals surface area contributed by atoms with E-state index in [4.69, 9.17) is 11.1 Å². The summed E-state index contributed by atoms with van der Waals surface area (Å²) >= 11 is 0. The second-order valence-corrected chi connectivity index (χ2v) is 3.40. The molecule has 4 nitrogen and oxygen atoms in total. The number of phenolic OH excluding ortho intramolecular Hbond substituents is 1. The van der Waals surface area contributed by atoms with Gasteiger partial charge in [-0.25, -0.2) is 4.99 Å². The first-order chi connectivity index (χ1) is 7.65. The highest BCUT2D eigenvalue weighted by atomic mass is 16.3. The van der Waals surface area contributed by atoms with Gasteiger partial charge in [-0.2, -0.15) is 0 Å². The van der Waals surface area contributed by atoms with Crippen molar-refractivity contribution in [3.63, 3.8) is 0 Å². The van der Waals surface area contributed by atoms with Gasteiger partial charge >= 0.3 is 0 Å². The number of hydrogen-bond acceptors (Lipinski definition) is 4. The molecule has 0 saturated carbocycles. The molecule has 80 valence electrons. The Morgan fingerprint density at radius 2 is 1.81 bits per heavy atom. The lowest BCUT2D eigenvalue weighted by Gasteiger charge is -2.03. The van der Waals surface area contributed by atoms with Crippen LogP contribution < -0.4 is 5.73 Å². The van der Waals surface area contributed by atoms with E-state index in [9.17, 15) is 5.11 Å². The third-order valence-electron chi connectivity index (χ3n) is 2.13. The Morgan fingerprint density at radius 3 is 2.44 bits per heavy atom. The molecule has 0 heterocycles. The van der Waals surface area contributed by atoms with Crippen molar-refractivity contribution in [2.75, 3.05) is 5.73 Å². The van der Waals surface area contributed by atoms with Crippen LogP contribution in [0.3, 0.4) is 0 Å². The smallest absolute Gasteiger partial charge is 0.117 e. The molecule has 0 amide bonds.